The van der Waals surface area contributed by atoms with E-state index in [-0.39, 0.29) is 4.91 Å². The topological polar surface area (TPSA) is 66.5 Å². The number of carbonyl (C=O) groups is 3. The van der Waals surface area contributed by atoms with E-state index in [4.69, 9.17) is 11.6 Å². The van der Waals surface area contributed by atoms with Crippen molar-refractivity contribution in [1.29, 1.82) is 0 Å². The number of hydrogen-bond acceptors (Lipinski definition) is 4. The molecule has 26 heavy (non-hydrogen) atoms. The molecule has 0 radical (unpaired) electrons. The number of amides is 3. The van der Waals surface area contributed by atoms with Gasteiger partial charge in [0, 0.05) is 0 Å². The van der Waals surface area contributed by atoms with Crippen LogP contribution in [0.25, 0.3) is 6.08 Å². The summed E-state index contributed by atoms with van der Waals surface area (Å²) in [7, 11) is 0. The van der Waals surface area contributed by atoms with Crippen molar-refractivity contribution in [2.45, 2.75) is 0 Å². The Morgan fingerprint density at radius 1 is 1.15 bits per heavy atom. The number of rotatable bonds is 4. The molecule has 0 saturated carbocycles. The van der Waals surface area contributed by atoms with Crippen molar-refractivity contribution >= 4 is 52.2 Å². The van der Waals surface area contributed by atoms with Crippen molar-refractivity contribution in [3.8, 4) is 0 Å². The highest BCUT2D eigenvalue weighted by atomic mass is 35.5. The van der Waals surface area contributed by atoms with E-state index >= 15 is 0 Å². The van der Waals surface area contributed by atoms with Crippen LogP contribution < -0.4 is 5.32 Å². The van der Waals surface area contributed by atoms with Crippen LogP contribution in [-0.4, -0.2) is 28.5 Å². The highest BCUT2D eigenvalue weighted by Gasteiger charge is 2.36. The number of thioether (sulfide) groups is 1. The van der Waals surface area contributed by atoms with E-state index in [1.54, 1.807) is 24.3 Å². The fraction of sp³-hybridized carbons (Fsp3) is 0.0556. The number of halogens is 2. The van der Waals surface area contributed by atoms with Crippen molar-refractivity contribution in [3.63, 3.8) is 0 Å². The molecular formula is C18H12ClFN2O3S. The van der Waals surface area contributed by atoms with E-state index in [1.165, 1.54) is 30.3 Å². The number of imide groups is 1. The molecule has 8 heteroatoms. The van der Waals surface area contributed by atoms with Crippen molar-refractivity contribution in [2.75, 3.05) is 11.9 Å². The van der Waals surface area contributed by atoms with Crippen LogP contribution in [0.2, 0.25) is 5.02 Å². The van der Waals surface area contributed by atoms with E-state index in [0.29, 0.717) is 16.3 Å². The zero-order valence-corrected chi connectivity index (χ0v) is 14.8. The molecule has 1 saturated heterocycles. The van der Waals surface area contributed by atoms with Crippen LogP contribution in [0.15, 0.2) is 53.4 Å². The number of benzene rings is 2. The Hall–Kier alpha value is -2.64. The van der Waals surface area contributed by atoms with Gasteiger partial charge in [0.1, 0.15) is 12.4 Å². The second-order valence-corrected chi connectivity index (χ2v) is 6.75. The van der Waals surface area contributed by atoms with Crippen LogP contribution in [0.1, 0.15) is 5.56 Å². The molecule has 3 rings (SSSR count). The second kappa shape index (κ2) is 7.72. The maximum absolute atomic E-state index is 12.9. The zero-order valence-electron chi connectivity index (χ0n) is 13.2. The first kappa shape index (κ1) is 18.2. The van der Waals surface area contributed by atoms with Crippen molar-refractivity contribution in [2.24, 2.45) is 0 Å². The summed E-state index contributed by atoms with van der Waals surface area (Å²) < 4.78 is 12.9. The van der Waals surface area contributed by atoms with E-state index < -0.39 is 29.4 Å². The fourth-order valence-corrected chi connectivity index (χ4v) is 3.26. The number of para-hydroxylation sites is 1. The van der Waals surface area contributed by atoms with E-state index in [0.717, 1.165) is 16.7 Å². The first-order valence-corrected chi connectivity index (χ1v) is 8.69. The first-order valence-electron chi connectivity index (χ1n) is 7.49. The molecule has 5 nitrogen and oxygen atoms in total. The van der Waals surface area contributed by atoms with Crippen molar-refractivity contribution in [1.82, 2.24) is 4.90 Å². The molecule has 0 aromatic heterocycles. The largest absolute Gasteiger partial charge is 0.323 e. The minimum atomic E-state index is -0.571. The molecule has 1 fully saturated rings. The quantitative estimate of drug-likeness (QED) is 0.796. The molecule has 132 valence electrons. The lowest BCUT2D eigenvalue weighted by Gasteiger charge is -2.13. The average molecular weight is 391 g/mol. The van der Waals surface area contributed by atoms with Crippen LogP contribution in [0.3, 0.4) is 0 Å². The number of anilines is 1. The molecule has 0 spiro atoms. The van der Waals surface area contributed by atoms with Crippen LogP contribution >= 0.6 is 23.4 Å². The van der Waals surface area contributed by atoms with Gasteiger partial charge in [-0.15, -0.1) is 0 Å². The molecule has 0 atom stereocenters. The summed E-state index contributed by atoms with van der Waals surface area (Å²) in [6.07, 6.45) is 1.48. The Kier molecular flexibility index (Phi) is 5.39. The molecule has 1 N–H and O–H groups in total. The molecule has 0 bridgehead atoms. The number of carbonyl (C=O) groups excluding carboxylic acids is 3. The molecule has 1 aliphatic rings. The Labute approximate surface area is 157 Å². The highest BCUT2D eigenvalue weighted by Crippen LogP contribution is 2.32. The normalized spacial score (nSPS) is 15.6. The summed E-state index contributed by atoms with van der Waals surface area (Å²) in [5.74, 6) is -1.51. The summed E-state index contributed by atoms with van der Waals surface area (Å²) in [5.41, 5.74) is 0.977. The number of hydrogen-bond donors (Lipinski definition) is 1. The lowest BCUT2D eigenvalue weighted by atomic mass is 10.2. The Morgan fingerprint density at radius 3 is 2.54 bits per heavy atom. The summed E-state index contributed by atoms with van der Waals surface area (Å²) in [6.45, 7) is -0.420. The zero-order chi connectivity index (χ0) is 18.7. The number of nitrogens with one attached hydrogen (secondary N) is 1. The highest BCUT2D eigenvalue weighted by molar-refractivity contribution is 8.18. The predicted octanol–water partition coefficient (Wildman–Crippen LogP) is 4.15. The van der Waals surface area contributed by atoms with Crippen LogP contribution in [-0.2, 0) is 9.59 Å². The molecule has 0 aliphatic carbocycles. The first-order chi connectivity index (χ1) is 12.4. The summed E-state index contributed by atoms with van der Waals surface area (Å²) in [5, 5.41) is 2.37. The summed E-state index contributed by atoms with van der Waals surface area (Å²) >= 11 is 6.70. The second-order valence-electron chi connectivity index (χ2n) is 5.35. The SMILES string of the molecule is O=C(CN1C(=O)S/C(=C/c2ccc(F)cc2)C1=O)Nc1ccccc1Cl. The van der Waals surface area contributed by atoms with Gasteiger partial charge in [-0.2, -0.15) is 0 Å². The predicted molar refractivity (Wildman–Crippen MR) is 99.2 cm³/mol. The third kappa shape index (κ3) is 4.12. The van der Waals surface area contributed by atoms with Gasteiger partial charge < -0.3 is 5.32 Å². The van der Waals surface area contributed by atoms with Gasteiger partial charge in [0.05, 0.1) is 15.6 Å². The maximum Gasteiger partial charge on any atom is 0.294 e. The van der Waals surface area contributed by atoms with Gasteiger partial charge in [-0.25, -0.2) is 4.39 Å². The minimum absolute atomic E-state index is 0.173. The van der Waals surface area contributed by atoms with E-state index in [1.807, 2.05) is 0 Å². The van der Waals surface area contributed by atoms with Crippen molar-refractivity contribution in [3.05, 3.63) is 69.8 Å². The molecule has 2 aromatic rings. The van der Waals surface area contributed by atoms with Gasteiger partial charge in [-0.3, -0.25) is 19.3 Å². The summed E-state index contributed by atoms with van der Waals surface area (Å²) in [4.78, 5) is 37.6. The van der Waals surface area contributed by atoms with Crippen LogP contribution in [0, 0.1) is 5.82 Å². The Bertz CT molecular complexity index is 915. The van der Waals surface area contributed by atoms with Crippen molar-refractivity contribution < 1.29 is 18.8 Å². The number of nitrogens with zero attached hydrogens (tertiary/aromatic N) is 1. The molecule has 1 aliphatic heterocycles. The third-order valence-electron chi connectivity index (χ3n) is 3.49. The minimum Gasteiger partial charge on any atom is -0.323 e. The van der Waals surface area contributed by atoms with Gasteiger partial charge in [-0.1, -0.05) is 35.9 Å². The van der Waals surface area contributed by atoms with Gasteiger partial charge in [0.2, 0.25) is 5.91 Å². The third-order valence-corrected chi connectivity index (χ3v) is 4.73. The van der Waals surface area contributed by atoms with Gasteiger partial charge >= 0.3 is 0 Å². The monoisotopic (exact) mass is 390 g/mol. The van der Waals surface area contributed by atoms with Gasteiger partial charge in [0.15, 0.2) is 0 Å². The van der Waals surface area contributed by atoms with E-state index in [9.17, 15) is 18.8 Å². The standard InChI is InChI=1S/C18H12ClFN2O3S/c19-13-3-1-2-4-14(13)21-16(23)10-22-17(24)15(26-18(22)25)9-11-5-7-12(20)8-6-11/h1-9H,10H2,(H,21,23)/b15-9+. The Morgan fingerprint density at radius 2 is 1.85 bits per heavy atom. The smallest absolute Gasteiger partial charge is 0.294 e. The molecule has 0 unspecified atom stereocenters. The van der Waals surface area contributed by atoms with E-state index in [2.05, 4.69) is 5.32 Å². The fourth-order valence-electron chi connectivity index (χ4n) is 2.24. The van der Waals surface area contributed by atoms with Gasteiger partial charge in [0.25, 0.3) is 11.1 Å². The Balaban J connectivity index is 1.70. The average Bonchev–Trinajstić information content (AvgIpc) is 2.86. The lowest BCUT2D eigenvalue weighted by Crippen LogP contribution is -2.36. The summed E-state index contributed by atoms with van der Waals surface area (Å²) in [6, 6.07) is 12.1. The molecule has 3 amide bonds. The maximum atomic E-state index is 12.9. The van der Waals surface area contributed by atoms with Crippen LogP contribution in [0.5, 0.6) is 0 Å². The molecule has 2 aromatic carbocycles. The lowest BCUT2D eigenvalue weighted by molar-refractivity contribution is -0.127. The molecule has 1 heterocycles. The van der Waals surface area contributed by atoms with Gasteiger partial charge in [-0.05, 0) is 47.7 Å². The van der Waals surface area contributed by atoms with Crippen LogP contribution in [0.4, 0.5) is 14.9 Å². The molecular weight excluding hydrogens is 379 g/mol.